The van der Waals surface area contributed by atoms with Crippen LogP contribution in [0.1, 0.15) is 22.4 Å². The summed E-state index contributed by atoms with van der Waals surface area (Å²) in [4.78, 5) is 12.1. The lowest BCUT2D eigenvalue weighted by Crippen LogP contribution is -2.29. The largest absolute Gasteiger partial charge is 0.467 e. The summed E-state index contributed by atoms with van der Waals surface area (Å²) in [5, 5.41) is 6.45. The minimum Gasteiger partial charge on any atom is -0.467 e. The van der Waals surface area contributed by atoms with Crippen LogP contribution in [0, 0.1) is 0 Å². The number of hydrogen-bond donors (Lipinski definition) is 1. The normalized spacial score (nSPS) is 12.2. The molecule has 114 valence electrons. The van der Waals surface area contributed by atoms with E-state index >= 15 is 0 Å². The minimum absolute atomic E-state index is 0.167. The average molecular weight is 302 g/mol. The van der Waals surface area contributed by atoms with Crippen molar-refractivity contribution in [2.75, 3.05) is 13.7 Å². The lowest BCUT2D eigenvalue weighted by molar-refractivity contribution is 0.0734. The van der Waals surface area contributed by atoms with Crippen molar-refractivity contribution in [1.82, 2.24) is 10.5 Å². The van der Waals surface area contributed by atoms with Gasteiger partial charge in [0, 0.05) is 13.2 Å². The van der Waals surface area contributed by atoms with E-state index in [2.05, 4.69) is 10.5 Å². The van der Waals surface area contributed by atoms with Gasteiger partial charge in [0.25, 0.3) is 5.91 Å². The van der Waals surface area contributed by atoms with Crippen LogP contribution in [0.15, 0.2) is 56.2 Å². The van der Waals surface area contributed by atoms with Gasteiger partial charge in [-0.2, -0.15) is 0 Å². The van der Waals surface area contributed by atoms with Gasteiger partial charge in [0.05, 0.1) is 19.1 Å². The maximum Gasteiger partial charge on any atom is 0.273 e. The molecule has 1 N–H and O–H groups in total. The van der Waals surface area contributed by atoms with Crippen molar-refractivity contribution >= 4 is 5.91 Å². The molecule has 0 aliphatic heterocycles. The van der Waals surface area contributed by atoms with Crippen LogP contribution in [-0.4, -0.2) is 24.7 Å². The molecule has 3 aromatic heterocycles. The van der Waals surface area contributed by atoms with Crippen LogP contribution in [0.3, 0.4) is 0 Å². The smallest absolute Gasteiger partial charge is 0.273 e. The number of furan rings is 2. The highest BCUT2D eigenvalue weighted by molar-refractivity contribution is 5.92. The highest BCUT2D eigenvalue weighted by atomic mass is 16.5. The molecule has 0 saturated carbocycles. The second-order valence-corrected chi connectivity index (χ2v) is 4.50. The highest BCUT2D eigenvalue weighted by Gasteiger charge is 2.18. The third kappa shape index (κ3) is 2.94. The molecule has 0 bridgehead atoms. The van der Waals surface area contributed by atoms with Crippen molar-refractivity contribution in [3.8, 4) is 11.5 Å². The fourth-order valence-electron chi connectivity index (χ4n) is 1.97. The summed E-state index contributed by atoms with van der Waals surface area (Å²) in [5.74, 6) is 1.18. The predicted molar refractivity (Wildman–Crippen MR) is 75.0 cm³/mol. The lowest BCUT2D eigenvalue weighted by atomic mass is 10.2. The van der Waals surface area contributed by atoms with Crippen LogP contribution in [0.2, 0.25) is 0 Å². The Labute approximate surface area is 125 Å². The average Bonchev–Trinajstić information content (AvgIpc) is 3.27. The van der Waals surface area contributed by atoms with E-state index in [0.29, 0.717) is 17.3 Å². The first kappa shape index (κ1) is 14.2. The number of rotatable bonds is 6. The summed E-state index contributed by atoms with van der Waals surface area (Å²) in [5.41, 5.74) is 0.167. The number of nitrogens with one attached hydrogen (secondary N) is 1. The Kier molecular flexibility index (Phi) is 4.06. The van der Waals surface area contributed by atoms with Gasteiger partial charge in [-0.3, -0.25) is 4.79 Å². The van der Waals surface area contributed by atoms with Crippen LogP contribution in [0.4, 0.5) is 0 Å². The molecule has 0 unspecified atom stereocenters. The Bertz CT molecular complexity index is 715. The molecule has 3 rings (SSSR count). The third-order valence-electron chi connectivity index (χ3n) is 3.10. The Morgan fingerprint density at radius 2 is 2.09 bits per heavy atom. The molecule has 3 heterocycles. The fraction of sp³-hybridized carbons (Fsp3) is 0.200. The number of hydrogen-bond acceptors (Lipinski definition) is 6. The standard InChI is InChI=1S/C15H14N2O5/c1-19-14(12-5-3-7-21-12)9-16-15(18)10-8-13(22-17-10)11-4-2-6-20-11/h2-8,14H,9H2,1H3,(H,16,18)/t14-/m0/s1. The van der Waals surface area contributed by atoms with E-state index in [4.69, 9.17) is 18.1 Å². The van der Waals surface area contributed by atoms with E-state index in [0.717, 1.165) is 0 Å². The van der Waals surface area contributed by atoms with Crippen LogP contribution in [0.25, 0.3) is 11.5 Å². The first-order valence-corrected chi connectivity index (χ1v) is 6.63. The van der Waals surface area contributed by atoms with Gasteiger partial charge in [0.2, 0.25) is 5.76 Å². The molecule has 0 aromatic carbocycles. The topological polar surface area (TPSA) is 90.6 Å². The monoisotopic (exact) mass is 302 g/mol. The molecule has 7 nitrogen and oxygen atoms in total. The molecule has 3 aromatic rings. The molecular formula is C15H14N2O5. The van der Waals surface area contributed by atoms with E-state index in [1.165, 1.54) is 12.3 Å². The summed E-state index contributed by atoms with van der Waals surface area (Å²) in [6, 6.07) is 8.51. The highest BCUT2D eigenvalue weighted by Crippen LogP contribution is 2.21. The second-order valence-electron chi connectivity index (χ2n) is 4.50. The first-order valence-electron chi connectivity index (χ1n) is 6.63. The molecule has 0 radical (unpaired) electrons. The number of ether oxygens (including phenoxy) is 1. The van der Waals surface area contributed by atoms with Gasteiger partial charge in [-0.25, -0.2) is 0 Å². The molecule has 0 fully saturated rings. The summed E-state index contributed by atoms with van der Waals surface area (Å²) < 4.78 is 20.8. The molecule has 7 heteroatoms. The predicted octanol–water partition coefficient (Wildman–Crippen LogP) is 2.65. The molecule has 0 spiro atoms. The van der Waals surface area contributed by atoms with Gasteiger partial charge in [-0.05, 0) is 24.3 Å². The van der Waals surface area contributed by atoms with Crippen molar-refractivity contribution in [2.45, 2.75) is 6.10 Å². The molecule has 1 amide bonds. The van der Waals surface area contributed by atoms with Crippen LogP contribution in [0.5, 0.6) is 0 Å². The van der Waals surface area contributed by atoms with E-state index in [-0.39, 0.29) is 24.2 Å². The van der Waals surface area contributed by atoms with Gasteiger partial charge in [-0.15, -0.1) is 0 Å². The Morgan fingerprint density at radius 3 is 2.77 bits per heavy atom. The molecule has 1 atom stereocenters. The van der Waals surface area contributed by atoms with E-state index in [1.54, 1.807) is 37.6 Å². The number of methoxy groups -OCH3 is 1. The van der Waals surface area contributed by atoms with E-state index in [9.17, 15) is 4.79 Å². The first-order chi connectivity index (χ1) is 10.8. The summed E-state index contributed by atoms with van der Waals surface area (Å²) in [7, 11) is 1.55. The van der Waals surface area contributed by atoms with Crippen molar-refractivity contribution in [2.24, 2.45) is 0 Å². The van der Waals surface area contributed by atoms with E-state index < -0.39 is 0 Å². The van der Waals surface area contributed by atoms with Crippen LogP contribution in [-0.2, 0) is 4.74 Å². The zero-order valence-corrected chi connectivity index (χ0v) is 11.8. The van der Waals surface area contributed by atoms with Gasteiger partial charge >= 0.3 is 0 Å². The van der Waals surface area contributed by atoms with Crippen molar-refractivity contribution in [3.05, 3.63) is 54.3 Å². The van der Waals surface area contributed by atoms with Crippen LogP contribution < -0.4 is 5.32 Å². The Morgan fingerprint density at radius 1 is 1.27 bits per heavy atom. The van der Waals surface area contributed by atoms with Crippen molar-refractivity contribution in [1.29, 1.82) is 0 Å². The van der Waals surface area contributed by atoms with Crippen molar-refractivity contribution < 1.29 is 22.9 Å². The fourth-order valence-corrected chi connectivity index (χ4v) is 1.97. The molecular weight excluding hydrogens is 288 g/mol. The Hall–Kier alpha value is -2.80. The summed E-state index contributed by atoms with van der Waals surface area (Å²) in [6.07, 6.45) is 2.70. The van der Waals surface area contributed by atoms with Gasteiger partial charge in [0.1, 0.15) is 11.9 Å². The second kappa shape index (κ2) is 6.31. The lowest BCUT2D eigenvalue weighted by Gasteiger charge is -2.12. The molecule has 0 aliphatic carbocycles. The number of amides is 1. The quantitative estimate of drug-likeness (QED) is 0.752. The summed E-state index contributed by atoms with van der Waals surface area (Å²) >= 11 is 0. The van der Waals surface area contributed by atoms with Gasteiger partial charge < -0.3 is 23.4 Å². The number of carbonyl (C=O) groups is 1. The SMILES string of the molecule is CO[C@@H](CNC(=O)c1cc(-c2ccco2)on1)c1ccco1. The molecule has 0 aliphatic rings. The zero-order valence-electron chi connectivity index (χ0n) is 11.8. The van der Waals surface area contributed by atoms with Crippen molar-refractivity contribution in [3.63, 3.8) is 0 Å². The molecule has 0 saturated heterocycles. The van der Waals surface area contributed by atoms with Crippen LogP contribution >= 0.6 is 0 Å². The maximum atomic E-state index is 12.1. The third-order valence-corrected chi connectivity index (χ3v) is 3.10. The zero-order chi connectivity index (χ0) is 15.4. The van der Waals surface area contributed by atoms with Gasteiger partial charge in [-0.1, -0.05) is 5.16 Å². The number of aromatic nitrogens is 1. The minimum atomic E-state index is -0.366. The number of nitrogens with zero attached hydrogens (tertiary/aromatic N) is 1. The molecule has 22 heavy (non-hydrogen) atoms. The number of carbonyl (C=O) groups excluding carboxylic acids is 1. The van der Waals surface area contributed by atoms with Gasteiger partial charge in [0.15, 0.2) is 11.5 Å². The maximum absolute atomic E-state index is 12.1. The summed E-state index contributed by atoms with van der Waals surface area (Å²) in [6.45, 7) is 0.256. The van der Waals surface area contributed by atoms with E-state index in [1.807, 2.05) is 0 Å². The Balaban J connectivity index is 1.62.